The molecule has 0 saturated heterocycles. The number of carbonyl (C=O) groups is 1. The van der Waals surface area contributed by atoms with Gasteiger partial charge >= 0.3 is 5.97 Å². The van der Waals surface area contributed by atoms with Crippen molar-refractivity contribution in [3.05, 3.63) is 29.3 Å². The number of esters is 1. The van der Waals surface area contributed by atoms with Crippen LogP contribution < -0.4 is 4.74 Å². The van der Waals surface area contributed by atoms with Gasteiger partial charge in [-0.05, 0) is 25.7 Å². The van der Waals surface area contributed by atoms with Crippen LogP contribution in [0.15, 0.2) is 18.2 Å². The predicted molar refractivity (Wildman–Crippen MR) is 66.1 cm³/mol. The van der Waals surface area contributed by atoms with E-state index in [4.69, 9.17) is 4.74 Å². The molecule has 0 spiro atoms. The van der Waals surface area contributed by atoms with Gasteiger partial charge in [0.25, 0.3) is 0 Å². The van der Waals surface area contributed by atoms with E-state index < -0.39 is 0 Å². The van der Waals surface area contributed by atoms with Crippen LogP contribution in [0.2, 0.25) is 0 Å². The summed E-state index contributed by atoms with van der Waals surface area (Å²) in [6.45, 7) is 0.807. The zero-order valence-electron chi connectivity index (χ0n) is 10.8. The van der Waals surface area contributed by atoms with Crippen LogP contribution in [0.25, 0.3) is 0 Å². The Morgan fingerprint density at radius 3 is 2.53 bits per heavy atom. The molecular formula is C13H19NO3. The average Bonchev–Trinajstić information content (AvgIpc) is 2.30. The summed E-state index contributed by atoms with van der Waals surface area (Å²) in [4.78, 5) is 13.2. The lowest BCUT2D eigenvalue weighted by atomic mass is 10.1. The van der Waals surface area contributed by atoms with Crippen molar-refractivity contribution in [2.75, 3.05) is 28.3 Å². The van der Waals surface area contributed by atoms with Gasteiger partial charge < -0.3 is 14.4 Å². The Bertz CT molecular complexity index is 388. The zero-order chi connectivity index (χ0) is 12.8. The van der Waals surface area contributed by atoms with Crippen molar-refractivity contribution < 1.29 is 14.3 Å². The predicted octanol–water partition coefficient (Wildman–Crippen LogP) is 1.47. The summed E-state index contributed by atoms with van der Waals surface area (Å²) in [6.07, 6.45) is 0.273. The van der Waals surface area contributed by atoms with E-state index in [-0.39, 0.29) is 12.4 Å². The highest BCUT2D eigenvalue weighted by molar-refractivity contribution is 5.72. The van der Waals surface area contributed by atoms with Crippen molar-refractivity contribution >= 4 is 5.97 Å². The van der Waals surface area contributed by atoms with Crippen LogP contribution in [-0.2, 0) is 22.5 Å². The number of hydrogen-bond donors (Lipinski definition) is 0. The number of carbonyl (C=O) groups excluding carboxylic acids is 1. The van der Waals surface area contributed by atoms with Crippen molar-refractivity contribution in [3.8, 4) is 5.75 Å². The molecule has 1 aromatic rings. The van der Waals surface area contributed by atoms with Gasteiger partial charge in [0, 0.05) is 12.1 Å². The zero-order valence-corrected chi connectivity index (χ0v) is 10.8. The maximum atomic E-state index is 11.2. The fourth-order valence-corrected chi connectivity index (χ4v) is 1.61. The standard InChI is InChI=1S/C13H19NO3/c1-14(2)9-11-6-5-10(7-12(11)16-3)8-13(15)17-4/h5-7H,8-9H2,1-4H3. The third kappa shape index (κ3) is 4.07. The summed E-state index contributed by atoms with van der Waals surface area (Å²) < 4.78 is 9.96. The molecule has 0 radical (unpaired) electrons. The summed E-state index contributed by atoms with van der Waals surface area (Å²) in [5.41, 5.74) is 2.00. The van der Waals surface area contributed by atoms with Crippen LogP contribution in [0, 0.1) is 0 Å². The molecule has 0 atom stereocenters. The van der Waals surface area contributed by atoms with Crippen molar-refractivity contribution in [3.63, 3.8) is 0 Å². The molecule has 0 saturated carbocycles. The lowest BCUT2D eigenvalue weighted by Gasteiger charge is -2.14. The molecule has 0 amide bonds. The molecule has 0 fully saturated rings. The lowest BCUT2D eigenvalue weighted by Crippen LogP contribution is -2.12. The van der Waals surface area contributed by atoms with Crippen molar-refractivity contribution in [1.82, 2.24) is 4.90 Å². The molecule has 1 aromatic carbocycles. The van der Waals surface area contributed by atoms with Crippen LogP contribution in [0.4, 0.5) is 0 Å². The van der Waals surface area contributed by atoms with E-state index in [2.05, 4.69) is 9.64 Å². The Morgan fingerprint density at radius 2 is 2.00 bits per heavy atom. The molecule has 0 aliphatic heterocycles. The third-order valence-corrected chi connectivity index (χ3v) is 2.41. The first-order valence-electron chi connectivity index (χ1n) is 5.44. The van der Waals surface area contributed by atoms with E-state index in [0.717, 1.165) is 23.4 Å². The summed E-state index contributed by atoms with van der Waals surface area (Å²) in [5, 5.41) is 0. The molecule has 0 aliphatic rings. The molecule has 0 unspecified atom stereocenters. The van der Waals surface area contributed by atoms with Crippen LogP contribution in [0.3, 0.4) is 0 Å². The molecule has 4 nitrogen and oxygen atoms in total. The molecule has 0 heterocycles. The third-order valence-electron chi connectivity index (χ3n) is 2.41. The van der Waals surface area contributed by atoms with Gasteiger partial charge in [-0.25, -0.2) is 0 Å². The van der Waals surface area contributed by atoms with E-state index in [1.54, 1.807) is 7.11 Å². The number of rotatable bonds is 5. The van der Waals surface area contributed by atoms with Crippen molar-refractivity contribution in [1.29, 1.82) is 0 Å². The fourth-order valence-electron chi connectivity index (χ4n) is 1.61. The minimum absolute atomic E-state index is 0.243. The molecule has 0 bridgehead atoms. The van der Waals surface area contributed by atoms with Gasteiger partial charge in [-0.15, -0.1) is 0 Å². The molecular weight excluding hydrogens is 218 g/mol. The van der Waals surface area contributed by atoms with Gasteiger partial charge in [-0.2, -0.15) is 0 Å². The molecule has 0 aliphatic carbocycles. The van der Waals surface area contributed by atoms with Gasteiger partial charge in [0.1, 0.15) is 5.75 Å². The Kier molecular flexibility index (Phi) is 4.97. The normalized spacial score (nSPS) is 10.4. The molecule has 4 heteroatoms. The summed E-state index contributed by atoms with van der Waals surface area (Å²) >= 11 is 0. The smallest absolute Gasteiger partial charge is 0.309 e. The Labute approximate surface area is 102 Å². The maximum absolute atomic E-state index is 11.2. The van der Waals surface area contributed by atoms with Crippen LogP contribution in [-0.4, -0.2) is 39.2 Å². The van der Waals surface area contributed by atoms with Crippen LogP contribution in [0.5, 0.6) is 5.75 Å². The molecule has 0 N–H and O–H groups in total. The number of ether oxygens (including phenoxy) is 2. The minimum Gasteiger partial charge on any atom is -0.496 e. The highest BCUT2D eigenvalue weighted by Gasteiger charge is 2.08. The Balaban J connectivity index is 2.88. The number of hydrogen-bond acceptors (Lipinski definition) is 4. The fraction of sp³-hybridized carbons (Fsp3) is 0.462. The largest absolute Gasteiger partial charge is 0.496 e. The SMILES string of the molecule is COC(=O)Cc1ccc(CN(C)C)c(OC)c1. The highest BCUT2D eigenvalue weighted by atomic mass is 16.5. The summed E-state index contributed by atoms with van der Waals surface area (Å²) in [6, 6.07) is 5.80. The summed E-state index contributed by atoms with van der Waals surface area (Å²) in [7, 11) is 7.03. The van der Waals surface area contributed by atoms with E-state index in [1.165, 1.54) is 7.11 Å². The lowest BCUT2D eigenvalue weighted by molar-refractivity contribution is -0.139. The van der Waals surface area contributed by atoms with E-state index >= 15 is 0 Å². The molecule has 0 aromatic heterocycles. The van der Waals surface area contributed by atoms with E-state index in [9.17, 15) is 4.79 Å². The first-order chi connectivity index (χ1) is 8.06. The molecule has 94 valence electrons. The van der Waals surface area contributed by atoms with Crippen LogP contribution in [0.1, 0.15) is 11.1 Å². The van der Waals surface area contributed by atoms with Crippen LogP contribution >= 0.6 is 0 Å². The van der Waals surface area contributed by atoms with Gasteiger partial charge in [0.2, 0.25) is 0 Å². The first kappa shape index (κ1) is 13.5. The van der Waals surface area contributed by atoms with Gasteiger partial charge in [-0.3, -0.25) is 4.79 Å². The van der Waals surface area contributed by atoms with Gasteiger partial charge in [0.05, 0.1) is 20.6 Å². The van der Waals surface area contributed by atoms with Gasteiger partial charge in [-0.1, -0.05) is 12.1 Å². The monoisotopic (exact) mass is 237 g/mol. The number of benzene rings is 1. The second-order valence-electron chi connectivity index (χ2n) is 4.14. The van der Waals surface area contributed by atoms with Crippen molar-refractivity contribution in [2.24, 2.45) is 0 Å². The maximum Gasteiger partial charge on any atom is 0.309 e. The minimum atomic E-state index is -0.243. The van der Waals surface area contributed by atoms with E-state index in [0.29, 0.717) is 0 Å². The molecule has 1 rings (SSSR count). The van der Waals surface area contributed by atoms with Crippen molar-refractivity contribution in [2.45, 2.75) is 13.0 Å². The Hall–Kier alpha value is -1.55. The summed E-state index contributed by atoms with van der Waals surface area (Å²) in [5.74, 6) is 0.563. The average molecular weight is 237 g/mol. The second-order valence-corrected chi connectivity index (χ2v) is 4.14. The first-order valence-corrected chi connectivity index (χ1v) is 5.44. The molecule has 17 heavy (non-hydrogen) atoms. The van der Waals surface area contributed by atoms with E-state index in [1.807, 2.05) is 32.3 Å². The highest BCUT2D eigenvalue weighted by Crippen LogP contribution is 2.21. The van der Waals surface area contributed by atoms with Gasteiger partial charge in [0.15, 0.2) is 0 Å². The second kappa shape index (κ2) is 6.25. The number of methoxy groups -OCH3 is 2. The Morgan fingerprint density at radius 1 is 1.29 bits per heavy atom. The quantitative estimate of drug-likeness (QED) is 0.727. The number of nitrogens with zero attached hydrogens (tertiary/aromatic N) is 1. The topological polar surface area (TPSA) is 38.8 Å².